The molecule has 0 bridgehead atoms. The van der Waals surface area contributed by atoms with Crippen molar-refractivity contribution in [1.82, 2.24) is 15.1 Å². The summed E-state index contributed by atoms with van der Waals surface area (Å²) in [6.45, 7) is 4.28. The summed E-state index contributed by atoms with van der Waals surface area (Å²) in [6.07, 6.45) is 5.30. The highest BCUT2D eigenvalue weighted by Gasteiger charge is 2.03. The van der Waals surface area contributed by atoms with Crippen molar-refractivity contribution in [2.45, 2.75) is 6.54 Å². The third-order valence-corrected chi connectivity index (χ3v) is 2.69. The molecule has 0 atom stereocenters. The summed E-state index contributed by atoms with van der Waals surface area (Å²) >= 11 is 0. The fourth-order valence-electron chi connectivity index (χ4n) is 1.69. The fraction of sp³-hybridized carbons (Fsp3) is 0.143. The van der Waals surface area contributed by atoms with Gasteiger partial charge in [0.1, 0.15) is 0 Å². The highest BCUT2D eigenvalue weighted by atomic mass is 16.1. The topological polar surface area (TPSA) is 59.0 Å². The summed E-state index contributed by atoms with van der Waals surface area (Å²) in [6, 6.07) is 7.36. The molecule has 1 heterocycles. The van der Waals surface area contributed by atoms with Gasteiger partial charge in [-0.15, -0.1) is 0 Å². The lowest BCUT2D eigenvalue weighted by Gasteiger charge is -2.06. The van der Waals surface area contributed by atoms with Crippen LogP contribution in [0.25, 0.3) is 6.20 Å². The molecule has 0 aliphatic heterocycles. The maximum atomic E-state index is 11.5. The lowest BCUT2D eigenvalue weighted by Crippen LogP contribution is -2.17. The normalized spacial score (nSPS) is 9.95. The Hall–Kier alpha value is -2.56. The largest absolute Gasteiger partial charge is 0.381 e. The molecule has 0 aliphatic rings. The van der Waals surface area contributed by atoms with E-state index in [1.54, 1.807) is 30.2 Å². The second kappa shape index (κ2) is 5.86. The number of hydrogen-bond acceptors (Lipinski definition) is 3. The molecule has 98 valence electrons. The van der Waals surface area contributed by atoms with Crippen molar-refractivity contribution in [2.75, 3.05) is 12.4 Å². The van der Waals surface area contributed by atoms with Crippen LogP contribution < -0.4 is 10.6 Å². The maximum absolute atomic E-state index is 11.5. The molecule has 2 N–H and O–H groups in total. The van der Waals surface area contributed by atoms with Gasteiger partial charge in [-0.2, -0.15) is 5.10 Å². The highest BCUT2D eigenvalue weighted by molar-refractivity contribution is 5.94. The highest BCUT2D eigenvalue weighted by Crippen LogP contribution is 2.12. The van der Waals surface area contributed by atoms with Gasteiger partial charge in [0.15, 0.2) is 0 Å². The van der Waals surface area contributed by atoms with Crippen LogP contribution in [0.4, 0.5) is 5.69 Å². The number of carbonyl (C=O) groups is 1. The molecule has 0 spiro atoms. The minimum absolute atomic E-state index is 0.0943. The number of nitrogens with one attached hydrogen (secondary N) is 2. The van der Waals surface area contributed by atoms with Crippen LogP contribution in [0.3, 0.4) is 0 Å². The summed E-state index contributed by atoms with van der Waals surface area (Å²) in [5.74, 6) is -0.0943. The molecule has 0 unspecified atom stereocenters. The first kappa shape index (κ1) is 12.9. The van der Waals surface area contributed by atoms with Gasteiger partial charge >= 0.3 is 0 Å². The summed E-state index contributed by atoms with van der Waals surface area (Å²) in [5, 5.41) is 9.95. The Morgan fingerprint density at radius 2 is 2.37 bits per heavy atom. The Labute approximate surface area is 111 Å². The van der Waals surface area contributed by atoms with Gasteiger partial charge in [-0.1, -0.05) is 12.6 Å². The standard InChI is InChI=1S/C14H16N4O/c1-3-18-10-11(9-17-18)8-16-13-6-4-5-12(7-13)14(19)15-2/h3-7,9-10,16H,1,8H2,2H3,(H,15,19). The number of amides is 1. The molecule has 0 saturated heterocycles. The number of nitrogens with zero attached hydrogens (tertiary/aromatic N) is 2. The zero-order chi connectivity index (χ0) is 13.7. The predicted molar refractivity (Wildman–Crippen MR) is 75.8 cm³/mol. The Kier molecular flexibility index (Phi) is 3.97. The average Bonchev–Trinajstić information content (AvgIpc) is 2.92. The Balaban J connectivity index is 2.03. The Morgan fingerprint density at radius 1 is 1.53 bits per heavy atom. The Bertz CT molecular complexity index is 589. The smallest absolute Gasteiger partial charge is 0.251 e. The predicted octanol–water partition coefficient (Wildman–Crippen LogP) is 1.96. The van der Waals surface area contributed by atoms with Gasteiger partial charge in [-0.05, 0) is 18.2 Å². The van der Waals surface area contributed by atoms with Crippen LogP contribution in [0.2, 0.25) is 0 Å². The zero-order valence-corrected chi connectivity index (χ0v) is 10.8. The molecule has 0 aliphatic carbocycles. The van der Waals surface area contributed by atoms with Crippen LogP contribution in [-0.2, 0) is 6.54 Å². The minimum atomic E-state index is -0.0943. The molecule has 19 heavy (non-hydrogen) atoms. The van der Waals surface area contributed by atoms with E-state index < -0.39 is 0 Å². The van der Waals surface area contributed by atoms with Crippen LogP contribution >= 0.6 is 0 Å². The van der Waals surface area contributed by atoms with Gasteiger partial charge in [0.05, 0.1) is 6.20 Å². The van der Waals surface area contributed by atoms with Crippen molar-refractivity contribution in [3.05, 3.63) is 54.4 Å². The zero-order valence-electron chi connectivity index (χ0n) is 10.8. The van der Waals surface area contributed by atoms with Crippen LogP contribution in [0.1, 0.15) is 15.9 Å². The summed E-state index contributed by atoms with van der Waals surface area (Å²) in [7, 11) is 1.62. The monoisotopic (exact) mass is 256 g/mol. The molecule has 2 aromatic rings. The second-order valence-electron chi connectivity index (χ2n) is 4.02. The first-order valence-corrected chi connectivity index (χ1v) is 5.94. The van der Waals surface area contributed by atoms with E-state index in [1.807, 2.05) is 24.4 Å². The molecule has 0 fully saturated rings. The van der Waals surface area contributed by atoms with Gasteiger partial charge in [-0.25, -0.2) is 4.68 Å². The van der Waals surface area contributed by atoms with Crippen molar-refractivity contribution in [1.29, 1.82) is 0 Å². The lowest BCUT2D eigenvalue weighted by atomic mass is 10.2. The average molecular weight is 256 g/mol. The van der Waals surface area contributed by atoms with Crippen molar-refractivity contribution < 1.29 is 4.79 Å². The van der Waals surface area contributed by atoms with Gasteiger partial charge in [0, 0.05) is 42.8 Å². The van der Waals surface area contributed by atoms with Gasteiger partial charge in [-0.3, -0.25) is 4.79 Å². The Morgan fingerprint density at radius 3 is 3.05 bits per heavy atom. The molecule has 1 aromatic carbocycles. The molecule has 1 aromatic heterocycles. The number of aromatic nitrogens is 2. The third-order valence-electron chi connectivity index (χ3n) is 2.69. The number of hydrogen-bond donors (Lipinski definition) is 2. The van der Waals surface area contributed by atoms with Crippen LogP contribution in [0, 0.1) is 0 Å². The molecular formula is C14H16N4O. The van der Waals surface area contributed by atoms with Gasteiger partial charge in [0.2, 0.25) is 0 Å². The molecule has 1 amide bonds. The number of carbonyl (C=O) groups excluding carboxylic acids is 1. The molecule has 5 nitrogen and oxygen atoms in total. The van der Waals surface area contributed by atoms with Crippen molar-refractivity contribution in [2.24, 2.45) is 0 Å². The van der Waals surface area contributed by atoms with Gasteiger partial charge < -0.3 is 10.6 Å². The van der Waals surface area contributed by atoms with Crippen molar-refractivity contribution >= 4 is 17.8 Å². The number of anilines is 1. The van der Waals surface area contributed by atoms with E-state index in [-0.39, 0.29) is 5.91 Å². The lowest BCUT2D eigenvalue weighted by molar-refractivity contribution is 0.0963. The minimum Gasteiger partial charge on any atom is -0.381 e. The molecule has 5 heteroatoms. The maximum Gasteiger partial charge on any atom is 0.251 e. The van der Waals surface area contributed by atoms with E-state index >= 15 is 0 Å². The first-order valence-electron chi connectivity index (χ1n) is 5.94. The first-order chi connectivity index (χ1) is 9.22. The van der Waals surface area contributed by atoms with E-state index in [2.05, 4.69) is 22.3 Å². The molecular weight excluding hydrogens is 240 g/mol. The number of benzene rings is 1. The third kappa shape index (κ3) is 3.22. The van der Waals surface area contributed by atoms with Gasteiger partial charge in [0.25, 0.3) is 5.91 Å². The van der Waals surface area contributed by atoms with Crippen LogP contribution in [0.15, 0.2) is 43.2 Å². The van der Waals surface area contributed by atoms with E-state index in [0.29, 0.717) is 12.1 Å². The van der Waals surface area contributed by atoms with E-state index in [9.17, 15) is 4.79 Å². The van der Waals surface area contributed by atoms with Crippen molar-refractivity contribution in [3.63, 3.8) is 0 Å². The summed E-state index contributed by atoms with van der Waals surface area (Å²) in [5.41, 5.74) is 2.58. The molecule has 2 rings (SSSR count). The molecule has 0 radical (unpaired) electrons. The van der Waals surface area contributed by atoms with Crippen molar-refractivity contribution in [3.8, 4) is 0 Å². The second-order valence-corrected chi connectivity index (χ2v) is 4.02. The van der Waals surface area contributed by atoms with E-state index in [1.165, 1.54) is 0 Å². The SMILES string of the molecule is C=Cn1cc(CNc2cccc(C(=O)NC)c2)cn1. The van der Waals surface area contributed by atoms with Crippen LogP contribution in [-0.4, -0.2) is 22.7 Å². The quantitative estimate of drug-likeness (QED) is 0.859. The molecule has 0 saturated carbocycles. The number of rotatable bonds is 5. The van der Waals surface area contributed by atoms with E-state index in [4.69, 9.17) is 0 Å². The fourth-order valence-corrected chi connectivity index (χ4v) is 1.69. The summed E-state index contributed by atoms with van der Waals surface area (Å²) in [4.78, 5) is 11.5. The van der Waals surface area contributed by atoms with Crippen LogP contribution in [0.5, 0.6) is 0 Å². The summed E-state index contributed by atoms with van der Waals surface area (Å²) < 4.78 is 1.65. The van der Waals surface area contributed by atoms with E-state index in [0.717, 1.165) is 11.3 Å².